The van der Waals surface area contributed by atoms with Gasteiger partial charge in [-0.05, 0) is 264 Å². The van der Waals surface area contributed by atoms with Gasteiger partial charge < -0.3 is 52.1 Å². The van der Waals surface area contributed by atoms with E-state index in [2.05, 4.69) is 49.8 Å². The Morgan fingerprint density at radius 2 is 0.376 bits per heavy atom. The zero-order valence-electron chi connectivity index (χ0n) is 127. The van der Waals surface area contributed by atoms with Crippen molar-refractivity contribution in [1.29, 1.82) is 0 Å². The molecule has 0 spiro atoms. The van der Waals surface area contributed by atoms with Crippen LogP contribution in [0.2, 0.25) is 0 Å². The van der Waals surface area contributed by atoms with Crippen LogP contribution in [0.15, 0.2) is 267 Å². The van der Waals surface area contributed by atoms with Gasteiger partial charge >= 0.3 is 159 Å². The molecule has 0 saturated carbocycles. The van der Waals surface area contributed by atoms with Crippen molar-refractivity contribution in [2.45, 2.75) is 110 Å². The van der Waals surface area contributed by atoms with Crippen molar-refractivity contribution in [2.75, 3.05) is 0 Å². The second-order valence-electron chi connectivity index (χ2n) is 28.6. The number of nitrogens with zero attached hydrogens (tertiary/aromatic N) is 10. The average Bonchev–Trinajstić information content (AvgIpc) is 0.752. The molecule has 10 heterocycles. The number of hydrogen-bond acceptors (Lipinski definition) is 25. The summed E-state index contributed by atoms with van der Waals surface area (Å²) in [5, 5.41) is 2.56. The lowest BCUT2D eigenvalue weighted by Crippen LogP contribution is -2.16. The maximum atomic E-state index is 8.24. The number of aryl methyl sites for hydroxylation is 16. The molecule has 0 saturated heterocycles. The summed E-state index contributed by atoms with van der Waals surface area (Å²) in [6.45, 7) is -37.2. The van der Waals surface area contributed by atoms with Gasteiger partial charge in [-0.3, -0.25) is 0 Å². The Balaban J connectivity index is 0.000000167. The minimum atomic E-state index is -2.73. The average molecular weight is 2070 g/mol. The summed E-state index contributed by atoms with van der Waals surface area (Å²) >= 11 is -12.4. The fourth-order valence-corrected chi connectivity index (χ4v) is 19.2. The van der Waals surface area contributed by atoms with E-state index >= 15 is 0 Å². The summed E-state index contributed by atoms with van der Waals surface area (Å²) in [5.41, 5.74) is -2.84. The highest BCUT2D eigenvalue weighted by Crippen LogP contribution is 2.36. The summed E-state index contributed by atoms with van der Waals surface area (Å²) in [6, 6.07) is 46.2. The van der Waals surface area contributed by atoms with Crippen LogP contribution in [-0.4, -0.2) is 209 Å². The van der Waals surface area contributed by atoms with Gasteiger partial charge in [-0.15, -0.1) is 0 Å². The van der Waals surface area contributed by atoms with Crippen molar-refractivity contribution in [1.82, 2.24) is 49.8 Å². The largest absolute Gasteiger partial charge is 0.743 e. The monoisotopic (exact) mass is 2070 g/mol. The minimum Gasteiger partial charge on any atom is -0.626 e. The molecule has 20 aromatic rings. The van der Waals surface area contributed by atoms with Crippen molar-refractivity contribution >= 4 is 268 Å². The number of pyridine rings is 10. The number of rotatable bonds is 30. The summed E-state index contributed by atoms with van der Waals surface area (Å²) in [5.74, 6) is 0.707. The quantitative estimate of drug-likeness (QED) is 0.0299. The normalized spacial score (nSPS) is 17.9. The molecule has 0 atom stereocenters. The molecule has 0 aliphatic rings. The molecule has 0 bridgehead atoms. The fraction of sp³-hybridized carbons (Fsp3) is 0.151. The number of aromatic nitrogens is 10. The highest BCUT2D eigenvalue weighted by Gasteiger charge is 2.22. The summed E-state index contributed by atoms with van der Waals surface area (Å²) in [7, 11) is 0. The Hall–Kier alpha value is -10.6. The van der Waals surface area contributed by atoms with E-state index in [0.717, 1.165) is 41.3 Å². The SMILES string of the molecule is [2H]C([2H])([2H])c1cc(C)c2cccc([O][Al][O][Al][O]c3cccc4c(C([2H])([2H])[2H])cc(C([2H])([2H])[2H])nc34)c2n1.[2H]c1cc([2H])c2ccc(C([2H])([2H])[2H])nc2c1[O][Al][O][Al][O]c1c([2H])cc([2H])c2ccc(C([2H])([2H])[2H])nc12.[2H]c1ccc([O][Al][O][Al][O]c2ccc([2H])c3c(C([2H])([2H])[2H])cc(C([2H])([2H])[2H])nc23)c2nc(C([2H])([2H])[2H])cc(C([2H])([2H])[2H])c12.[2H]c1ccc([O][Al][O][Al][O]c2ccc([2H])c3ccc(C([2H])([2H])[2H])nc23)c2nc(C([2H])([2H])[2H])ccc12.[2H]c1ccc2c(C([2H])([2H])[2H])cc(C([2H])([2H])[2H])nc2c1[O][Al][O][Al][O]c1c([2H])ccc2c(C([2H])([2H])[2H])cc(C([2H])([2H])[2H])nc12. The molecule has 25 nitrogen and oxygen atoms in total. The minimum absolute atomic E-state index is 0.00145. The lowest BCUT2D eigenvalue weighted by atomic mass is 10.1. The van der Waals surface area contributed by atoms with E-state index in [1.807, 2.05) is 6.07 Å². The number of fused-ring (bicyclic) bond motifs is 10. The van der Waals surface area contributed by atoms with Gasteiger partial charge in [0, 0.05) is 172 Å². The predicted molar refractivity (Wildman–Crippen MR) is 562 cm³/mol. The van der Waals surface area contributed by atoms with Gasteiger partial charge in [-0.1, -0.05) is 145 Å². The standard InChI is InChI=1S/6C11H11NO.4C10H9NO.10Al.5O/c6*1-7-6-8(2)12-11-9(7)4-3-5-10(11)13;4*1-7-5-6-8-3-2-4-9(12)10(8)11-7;;;;;;;;;;;;;;;/h6*3-6,13H,1-2H3;4*2-6,12H,1H3;;;;;;;;;;;;;;;/q;;;;;;;;;;10*+1;;;;;/p-10/i2*1D3,2D3,5D;2*1D3,2D3,4D;1D3,2D3;2D3;2*1D3,3D,4D;2*1D3,3D;;;;;;;;;;;;;;;. The van der Waals surface area contributed by atoms with Crippen LogP contribution in [0, 0.1) is 110 Å². The Labute approximate surface area is 963 Å². The van der Waals surface area contributed by atoms with Gasteiger partial charge in [0.15, 0.2) is 0 Å². The molecule has 0 N–H and O–H groups in total. The van der Waals surface area contributed by atoms with Crippen molar-refractivity contribution in [3.05, 3.63) is 357 Å². The molecule has 141 heavy (non-hydrogen) atoms. The van der Waals surface area contributed by atoms with E-state index < -0.39 is 284 Å². The van der Waals surface area contributed by atoms with Crippen LogP contribution in [0.4, 0.5) is 0 Å². The zero-order chi connectivity index (χ0) is 145. The fourth-order valence-electron chi connectivity index (χ4n) is 13.2. The van der Waals surface area contributed by atoms with E-state index in [4.69, 9.17) is 127 Å². The summed E-state index contributed by atoms with van der Waals surface area (Å²) in [4.78, 5) is 41.4. The molecule has 10 aromatic heterocycles. The van der Waals surface area contributed by atoms with Crippen molar-refractivity contribution in [3.8, 4) is 57.5 Å². The first kappa shape index (κ1) is 54.4. The van der Waals surface area contributed by atoms with Gasteiger partial charge in [-0.25, -0.2) is 49.8 Å². The molecular weight excluding hydrogens is 1920 g/mol. The number of benzene rings is 10. The molecule has 20 rings (SSSR count). The molecule has 35 heteroatoms. The molecule has 0 amide bonds. The van der Waals surface area contributed by atoms with Gasteiger partial charge in [-0.2, -0.15) is 0 Å². The Kier molecular flexibility index (Phi) is 19.3. The van der Waals surface area contributed by atoms with E-state index in [1.54, 1.807) is 37.3 Å². The third kappa shape index (κ3) is 27.3. The highest BCUT2D eigenvalue weighted by molar-refractivity contribution is 6.38. The van der Waals surface area contributed by atoms with Crippen LogP contribution in [0.3, 0.4) is 0 Å². The maximum Gasteiger partial charge on any atom is 0.743 e. The van der Waals surface area contributed by atoms with Gasteiger partial charge in [0.05, 0.1) is 13.7 Å². The van der Waals surface area contributed by atoms with Crippen LogP contribution < -0.4 is 37.9 Å². The zero-order valence-corrected chi connectivity index (χ0v) is 84.0. The van der Waals surface area contributed by atoms with E-state index in [1.165, 1.54) is 140 Å². The Morgan fingerprint density at radius 3 is 0.674 bits per heavy atom. The van der Waals surface area contributed by atoms with Gasteiger partial charge in [0.2, 0.25) is 0 Å². The molecule has 10 radical (unpaired) electrons. The molecule has 686 valence electrons. The lowest BCUT2D eigenvalue weighted by molar-refractivity contribution is 0.419. The predicted octanol–water partition coefficient (Wildman–Crippen LogP) is 21.6. The highest BCUT2D eigenvalue weighted by atomic mass is 27.3. The van der Waals surface area contributed by atoms with Crippen molar-refractivity contribution in [2.24, 2.45) is 0 Å². The first-order valence-electron chi connectivity index (χ1n) is 68.2. The second-order valence-corrected chi connectivity index (χ2v) is 38.3. The third-order valence-electron chi connectivity index (χ3n) is 19.3. The summed E-state index contributed by atoms with van der Waals surface area (Å²) < 4.78 is 513. The van der Waals surface area contributed by atoms with Crippen LogP contribution >= 0.6 is 0 Å². The number of hydrogen-bond donors (Lipinski definition) is 0. The third-order valence-corrected chi connectivity index (χ3v) is 27.1. The Bertz CT molecular complexity index is 9990. The van der Waals surface area contributed by atoms with E-state index in [9.17, 15) is 0 Å². The van der Waals surface area contributed by atoms with E-state index in [0.29, 0.717) is 44.3 Å². The van der Waals surface area contributed by atoms with Gasteiger partial charge in [0.25, 0.3) is 0 Å². The molecule has 0 aliphatic heterocycles. The van der Waals surface area contributed by atoms with Crippen molar-refractivity contribution in [3.63, 3.8) is 0 Å². The van der Waals surface area contributed by atoms with Gasteiger partial charge in [0.1, 0.15) is 113 Å². The topological polar surface area (TPSA) is 267 Å². The van der Waals surface area contributed by atoms with Crippen LogP contribution in [-0.2, 0) is 14.2 Å². The van der Waals surface area contributed by atoms with E-state index in [-0.39, 0.29) is 239 Å². The maximum absolute atomic E-state index is 8.24. The second kappa shape index (κ2) is 50.1. The smallest absolute Gasteiger partial charge is 0.626 e. The molecule has 10 aromatic carbocycles. The molecule has 0 fully saturated rings. The Morgan fingerprint density at radius 1 is 0.177 bits per heavy atom. The van der Waals surface area contributed by atoms with Crippen LogP contribution in [0.1, 0.15) is 166 Å². The van der Waals surface area contributed by atoms with Crippen molar-refractivity contribution < 1.29 is 127 Å². The summed E-state index contributed by atoms with van der Waals surface area (Å²) in [6.07, 6.45) is 0. The first-order valence-corrected chi connectivity index (χ1v) is 50.1. The molecule has 0 aliphatic carbocycles. The molecular formula is C106H92Al10N10O15. The lowest BCUT2D eigenvalue weighted by Gasteiger charge is -2.13. The number of para-hydroxylation sites is 10. The first-order chi connectivity index (χ1) is 90.8. The molecule has 0 unspecified atom stereocenters. The van der Waals surface area contributed by atoms with Crippen LogP contribution in [0.25, 0.3) is 109 Å². The van der Waals surface area contributed by atoms with Crippen LogP contribution in [0.5, 0.6) is 57.5 Å².